The Bertz CT molecular complexity index is 732. The SMILES string of the molecule is CCN(CC)C(=O)c1ccc(S(=O)(=O)N2CCC(C3OCCO3)CC2)cc1. The van der Waals surface area contributed by atoms with Crippen LogP contribution in [0.2, 0.25) is 0 Å². The molecule has 0 unspecified atom stereocenters. The fourth-order valence-electron chi connectivity index (χ4n) is 3.65. The number of hydrogen-bond acceptors (Lipinski definition) is 5. The first-order chi connectivity index (χ1) is 13.0. The van der Waals surface area contributed by atoms with Crippen molar-refractivity contribution in [1.29, 1.82) is 0 Å². The van der Waals surface area contributed by atoms with E-state index in [-0.39, 0.29) is 23.0 Å². The maximum atomic E-state index is 12.9. The lowest BCUT2D eigenvalue weighted by Crippen LogP contribution is -2.41. The van der Waals surface area contributed by atoms with E-state index < -0.39 is 10.0 Å². The number of amides is 1. The Hall–Kier alpha value is -1.48. The number of sulfonamides is 1. The van der Waals surface area contributed by atoms with Crippen molar-refractivity contribution in [3.8, 4) is 0 Å². The van der Waals surface area contributed by atoms with Gasteiger partial charge in [0.05, 0.1) is 18.1 Å². The molecule has 0 bridgehead atoms. The summed E-state index contributed by atoms with van der Waals surface area (Å²) in [5.41, 5.74) is 0.506. The number of nitrogens with zero attached hydrogens (tertiary/aromatic N) is 2. The molecule has 0 radical (unpaired) electrons. The van der Waals surface area contributed by atoms with E-state index in [0.29, 0.717) is 45.0 Å². The number of rotatable bonds is 6. The van der Waals surface area contributed by atoms with Gasteiger partial charge in [0.25, 0.3) is 5.91 Å². The van der Waals surface area contributed by atoms with E-state index in [0.717, 1.165) is 12.8 Å². The van der Waals surface area contributed by atoms with Gasteiger partial charge >= 0.3 is 0 Å². The number of piperidine rings is 1. The van der Waals surface area contributed by atoms with Gasteiger partial charge in [-0.3, -0.25) is 4.79 Å². The van der Waals surface area contributed by atoms with Crippen LogP contribution in [0.1, 0.15) is 37.0 Å². The van der Waals surface area contributed by atoms with E-state index in [4.69, 9.17) is 9.47 Å². The first kappa shape index (κ1) is 20.3. The van der Waals surface area contributed by atoms with Crippen molar-refractivity contribution in [1.82, 2.24) is 9.21 Å². The molecule has 2 saturated heterocycles. The van der Waals surface area contributed by atoms with Crippen LogP contribution in [-0.2, 0) is 19.5 Å². The van der Waals surface area contributed by atoms with Crippen molar-refractivity contribution in [2.24, 2.45) is 5.92 Å². The van der Waals surface area contributed by atoms with Crippen LogP contribution >= 0.6 is 0 Å². The summed E-state index contributed by atoms with van der Waals surface area (Å²) in [6, 6.07) is 6.25. The summed E-state index contributed by atoms with van der Waals surface area (Å²) in [5.74, 6) is 0.161. The van der Waals surface area contributed by atoms with Crippen molar-refractivity contribution in [3.05, 3.63) is 29.8 Å². The molecule has 0 N–H and O–H groups in total. The molecule has 2 aliphatic rings. The standard InChI is InChI=1S/C19H28N2O5S/c1-3-20(4-2)18(22)15-5-7-17(8-6-15)27(23,24)21-11-9-16(10-12-21)19-25-13-14-26-19/h5-8,16,19H,3-4,9-14H2,1-2H3. The molecule has 2 aliphatic heterocycles. The zero-order valence-electron chi connectivity index (χ0n) is 16.0. The third kappa shape index (κ3) is 4.34. The Labute approximate surface area is 161 Å². The molecule has 8 heteroatoms. The molecule has 27 heavy (non-hydrogen) atoms. The predicted molar refractivity (Wildman–Crippen MR) is 101 cm³/mol. The minimum Gasteiger partial charge on any atom is -0.350 e. The summed E-state index contributed by atoms with van der Waals surface area (Å²) in [6.07, 6.45) is 1.26. The number of carbonyl (C=O) groups is 1. The molecule has 150 valence electrons. The average Bonchev–Trinajstić information content (AvgIpc) is 3.24. The molecule has 0 spiro atoms. The van der Waals surface area contributed by atoms with Crippen LogP contribution in [0.5, 0.6) is 0 Å². The topological polar surface area (TPSA) is 76.2 Å². The number of benzene rings is 1. The van der Waals surface area contributed by atoms with Gasteiger partial charge in [0.1, 0.15) is 0 Å². The molecule has 2 fully saturated rings. The van der Waals surface area contributed by atoms with Crippen molar-refractivity contribution in [3.63, 3.8) is 0 Å². The summed E-state index contributed by atoms with van der Waals surface area (Å²) in [7, 11) is -3.56. The summed E-state index contributed by atoms with van der Waals surface area (Å²) < 4.78 is 38.4. The molecule has 0 saturated carbocycles. The van der Waals surface area contributed by atoms with Crippen LogP contribution in [0.15, 0.2) is 29.2 Å². The van der Waals surface area contributed by atoms with Crippen LogP contribution in [-0.4, -0.2) is 69.2 Å². The number of carbonyl (C=O) groups excluding carboxylic acids is 1. The van der Waals surface area contributed by atoms with E-state index in [9.17, 15) is 13.2 Å². The van der Waals surface area contributed by atoms with E-state index >= 15 is 0 Å². The third-order valence-corrected chi connectivity index (χ3v) is 7.23. The van der Waals surface area contributed by atoms with Crippen molar-refractivity contribution >= 4 is 15.9 Å². The first-order valence-corrected chi connectivity index (χ1v) is 11.0. The number of ether oxygens (including phenoxy) is 2. The highest BCUT2D eigenvalue weighted by molar-refractivity contribution is 7.89. The lowest BCUT2D eigenvalue weighted by Gasteiger charge is -2.33. The lowest BCUT2D eigenvalue weighted by molar-refractivity contribution is -0.0938. The van der Waals surface area contributed by atoms with E-state index in [2.05, 4.69) is 0 Å². The molecule has 3 rings (SSSR count). The maximum absolute atomic E-state index is 12.9. The highest BCUT2D eigenvalue weighted by Crippen LogP contribution is 2.29. The van der Waals surface area contributed by atoms with Gasteiger partial charge in [-0.05, 0) is 51.0 Å². The largest absolute Gasteiger partial charge is 0.350 e. The summed E-state index contributed by atoms with van der Waals surface area (Å²) in [4.78, 5) is 14.3. The molecule has 1 amide bonds. The van der Waals surface area contributed by atoms with E-state index in [1.54, 1.807) is 17.0 Å². The normalized spacial score (nSPS) is 20.1. The van der Waals surface area contributed by atoms with Gasteiger partial charge in [-0.2, -0.15) is 4.31 Å². The maximum Gasteiger partial charge on any atom is 0.253 e. The minimum atomic E-state index is -3.56. The highest BCUT2D eigenvalue weighted by Gasteiger charge is 2.34. The second kappa shape index (κ2) is 8.68. The van der Waals surface area contributed by atoms with E-state index in [1.165, 1.54) is 16.4 Å². The Morgan fingerprint density at radius 1 is 1.07 bits per heavy atom. The van der Waals surface area contributed by atoms with Crippen molar-refractivity contribution in [2.75, 3.05) is 39.4 Å². The zero-order chi connectivity index (χ0) is 19.4. The van der Waals surface area contributed by atoms with Gasteiger partial charge in [-0.1, -0.05) is 0 Å². The highest BCUT2D eigenvalue weighted by atomic mass is 32.2. The van der Waals surface area contributed by atoms with Crippen LogP contribution in [0.3, 0.4) is 0 Å². The molecule has 1 aromatic carbocycles. The Balaban J connectivity index is 1.65. The smallest absolute Gasteiger partial charge is 0.253 e. The molecular formula is C19H28N2O5S. The van der Waals surface area contributed by atoms with E-state index in [1.807, 2.05) is 13.8 Å². The first-order valence-electron chi connectivity index (χ1n) is 9.60. The van der Waals surface area contributed by atoms with Crippen LogP contribution < -0.4 is 0 Å². The third-order valence-electron chi connectivity index (χ3n) is 5.32. The molecule has 0 aliphatic carbocycles. The zero-order valence-corrected chi connectivity index (χ0v) is 16.8. The summed E-state index contributed by atoms with van der Waals surface area (Å²) in [5, 5.41) is 0. The average molecular weight is 397 g/mol. The van der Waals surface area contributed by atoms with Gasteiger partial charge in [-0.15, -0.1) is 0 Å². The molecule has 7 nitrogen and oxygen atoms in total. The summed E-state index contributed by atoms with van der Waals surface area (Å²) in [6.45, 7) is 7.23. The second-order valence-electron chi connectivity index (χ2n) is 6.85. The molecule has 0 aromatic heterocycles. The Kier molecular flexibility index (Phi) is 6.52. The van der Waals surface area contributed by atoms with Gasteiger partial charge in [-0.25, -0.2) is 8.42 Å². The fraction of sp³-hybridized carbons (Fsp3) is 0.632. The monoisotopic (exact) mass is 396 g/mol. The molecule has 0 atom stereocenters. The van der Waals surface area contributed by atoms with Gasteiger partial charge < -0.3 is 14.4 Å². The second-order valence-corrected chi connectivity index (χ2v) is 8.79. The van der Waals surface area contributed by atoms with Crippen LogP contribution in [0, 0.1) is 5.92 Å². The molecule has 1 aromatic rings. The van der Waals surface area contributed by atoms with Crippen molar-refractivity contribution < 1.29 is 22.7 Å². The molecular weight excluding hydrogens is 368 g/mol. The summed E-state index contributed by atoms with van der Waals surface area (Å²) >= 11 is 0. The Morgan fingerprint density at radius 3 is 2.15 bits per heavy atom. The quantitative estimate of drug-likeness (QED) is 0.735. The number of hydrogen-bond donors (Lipinski definition) is 0. The van der Waals surface area contributed by atoms with Gasteiger partial charge in [0.2, 0.25) is 10.0 Å². The predicted octanol–water partition coefficient (Wildman–Crippen LogP) is 1.94. The van der Waals surface area contributed by atoms with Crippen LogP contribution in [0.4, 0.5) is 0 Å². The van der Waals surface area contributed by atoms with Crippen molar-refractivity contribution in [2.45, 2.75) is 37.9 Å². The van der Waals surface area contributed by atoms with Gasteiger partial charge in [0, 0.05) is 37.7 Å². The van der Waals surface area contributed by atoms with Gasteiger partial charge in [0.15, 0.2) is 6.29 Å². The minimum absolute atomic E-state index is 0.0821. The fourth-order valence-corrected chi connectivity index (χ4v) is 5.12. The Morgan fingerprint density at radius 2 is 1.63 bits per heavy atom. The van der Waals surface area contributed by atoms with Crippen LogP contribution in [0.25, 0.3) is 0 Å². The molecule has 2 heterocycles. The lowest BCUT2D eigenvalue weighted by atomic mass is 9.98.